The molecule has 24 heavy (non-hydrogen) atoms. The number of nitrogens with two attached hydrogens (primary N) is 1. The van der Waals surface area contributed by atoms with Crippen molar-refractivity contribution < 1.29 is 13.2 Å². The molecule has 3 aromatic rings. The molecule has 0 aliphatic heterocycles. The number of nitrogen functional groups attached to an aromatic ring is 1. The zero-order chi connectivity index (χ0) is 17.3. The topological polar surface area (TPSA) is 107 Å². The van der Waals surface area contributed by atoms with E-state index in [1.54, 1.807) is 26.2 Å². The third-order valence-corrected chi connectivity index (χ3v) is 4.85. The van der Waals surface area contributed by atoms with E-state index >= 15 is 0 Å². The lowest BCUT2D eigenvalue weighted by atomic mass is 10.2. The smallest absolute Gasteiger partial charge is 0.264 e. The van der Waals surface area contributed by atoms with Crippen LogP contribution in [-0.2, 0) is 10.0 Å². The van der Waals surface area contributed by atoms with Gasteiger partial charge in [-0.2, -0.15) is 0 Å². The second-order valence-electron chi connectivity index (χ2n) is 5.19. The van der Waals surface area contributed by atoms with Crippen LogP contribution in [0.15, 0.2) is 47.4 Å². The van der Waals surface area contributed by atoms with Crippen LogP contribution in [0.3, 0.4) is 0 Å². The summed E-state index contributed by atoms with van der Waals surface area (Å²) < 4.78 is 32.4. The lowest BCUT2D eigenvalue weighted by molar-refractivity contribution is 0.415. The Bertz CT molecular complexity index is 1000. The standard InChI is InChI=1S/C16H16N4O3S/c1-10-14-8-5-12(23-2)9-15(14)19-16(18-10)20-24(21,22)13-6-3-11(17)4-7-13/h3-9H,17H2,1-2H3,(H,18,19,20). The Morgan fingerprint density at radius 1 is 1.08 bits per heavy atom. The number of sulfonamides is 1. The van der Waals surface area contributed by atoms with E-state index in [-0.39, 0.29) is 10.8 Å². The summed E-state index contributed by atoms with van der Waals surface area (Å²) in [4.78, 5) is 8.57. The maximum Gasteiger partial charge on any atom is 0.264 e. The predicted molar refractivity (Wildman–Crippen MR) is 92.5 cm³/mol. The molecule has 0 aliphatic rings. The lowest BCUT2D eigenvalue weighted by Gasteiger charge is -2.10. The van der Waals surface area contributed by atoms with Gasteiger partial charge in [-0.15, -0.1) is 0 Å². The number of methoxy groups -OCH3 is 1. The van der Waals surface area contributed by atoms with Crippen LogP contribution in [0.25, 0.3) is 10.9 Å². The van der Waals surface area contributed by atoms with E-state index < -0.39 is 10.0 Å². The molecule has 0 bridgehead atoms. The zero-order valence-corrected chi connectivity index (χ0v) is 14.0. The van der Waals surface area contributed by atoms with Gasteiger partial charge in [-0.25, -0.2) is 23.1 Å². The Morgan fingerprint density at radius 3 is 2.46 bits per heavy atom. The number of hydrogen-bond acceptors (Lipinski definition) is 6. The van der Waals surface area contributed by atoms with Crippen molar-refractivity contribution in [3.05, 3.63) is 48.2 Å². The summed E-state index contributed by atoms with van der Waals surface area (Å²) >= 11 is 0. The van der Waals surface area contributed by atoms with Crippen LogP contribution in [0.1, 0.15) is 5.69 Å². The Hall–Kier alpha value is -2.87. The van der Waals surface area contributed by atoms with E-state index in [0.717, 1.165) is 5.39 Å². The normalized spacial score (nSPS) is 11.4. The van der Waals surface area contributed by atoms with Crippen LogP contribution in [0.2, 0.25) is 0 Å². The quantitative estimate of drug-likeness (QED) is 0.703. The van der Waals surface area contributed by atoms with Crippen molar-refractivity contribution >= 4 is 32.6 Å². The van der Waals surface area contributed by atoms with E-state index in [9.17, 15) is 8.42 Å². The van der Waals surface area contributed by atoms with Gasteiger partial charge in [0.25, 0.3) is 10.0 Å². The average molecular weight is 344 g/mol. The summed E-state index contributed by atoms with van der Waals surface area (Å²) in [5, 5.41) is 0.825. The number of fused-ring (bicyclic) bond motifs is 1. The molecule has 8 heteroatoms. The highest BCUT2D eigenvalue weighted by Crippen LogP contribution is 2.23. The summed E-state index contributed by atoms with van der Waals surface area (Å²) in [5.41, 5.74) is 7.32. The van der Waals surface area contributed by atoms with Gasteiger partial charge < -0.3 is 10.5 Å². The summed E-state index contributed by atoms with van der Waals surface area (Å²) in [6.07, 6.45) is 0. The number of anilines is 2. The van der Waals surface area contributed by atoms with Crippen molar-refractivity contribution in [2.24, 2.45) is 0 Å². The van der Waals surface area contributed by atoms with Gasteiger partial charge in [-0.1, -0.05) is 0 Å². The third kappa shape index (κ3) is 3.09. The maximum absolute atomic E-state index is 12.4. The van der Waals surface area contributed by atoms with Crippen LogP contribution in [0.4, 0.5) is 11.6 Å². The molecule has 0 fully saturated rings. The number of nitrogens with one attached hydrogen (secondary N) is 1. The van der Waals surface area contributed by atoms with E-state index in [2.05, 4.69) is 14.7 Å². The molecule has 3 rings (SSSR count). The third-order valence-electron chi connectivity index (χ3n) is 3.51. The van der Waals surface area contributed by atoms with Crippen LogP contribution < -0.4 is 15.2 Å². The summed E-state index contributed by atoms with van der Waals surface area (Å²) in [5.74, 6) is 0.637. The number of aryl methyl sites for hydroxylation is 1. The van der Waals surface area contributed by atoms with E-state index in [4.69, 9.17) is 10.5 Å². The number of aromatic nitrogens is 2. The highest BCUT2D eigenvalue weighted by atomic mass is 32.2. The molecule has 0 atom stereocenters. The lowest BCUT2D eigenvalue weighted by Crippen LogP contribution is -2.15. The van der Waals surface area contributed by atoms with Gasteiger partial charge in [0, 0.05) is 17.1 Å². The molecular formula is C16H16N4O3S. The van der Waals surface area contributed by atoms with Crippen molar-refractivity contribution in [1.82, 2.24) is 9.97 Å². The van der Waals surface area contributed by atoms with Crippen LogP contribution in [0.5, 0.6) is 5.75 Å². The van der Waals surface area contributed by atoms with Gasteiger partial charge in [-0.05, 0) is 43.3 Å². The van der Waals surface area contributed by atoms with Gasteiger partial charge in [0.05, 0.1) is 23.2 Å². The largest absolute Gasteiger partial charge is 0.497 e. The van der Waals surface area contributed by atoms with Gasteiger partial charge >= 0.3 is 0 Å². The van der Waals surface area contributed by atoms with E-state index in [1.165, 1.54) is 24.3 Å². The molecule has 0 saturated heterocycles. The maximum atomic E-state index is 12.4. The monoisotopic (exact) mass is 344 g/mol. The molecule has 0 unspecified atom stereocenters. The van der Waals surface area contributed by atoms with Crippen molar-refractivity contribution in [3.8, 4) is 5.75 Å². The highest BCUT2D eigenvalue weighted by Gasteiger charge is 2.16. The number of ether oxygens (including phenoxy) is 1. The SMILES string of the molecule is COc1ccc2c(C)nc(NS(=O)(=O)c3ccc(N)cc3)nc2c1. The fourth-order valence-electron chi connectivity index (χ4n) is 2.27. The van der Waals surface area contributed by atoms with Gasteiger partial charge in [-0.3, -0.25) is 0 Å². The number of nitrogens with zero attached hydrogens (tertiary/aromatic N) is 2. The van der Waals surface area contributed by atoms with Gasteiger partial charge in [0.15, 0.2) is 0 Å². The van der Waals surface area contributed by atoms with E-state index in [1.807, 2.05) is 6.07 Å². The summed E-state index contributed by atoms with van der Waals surface area (Å²) in [6.45, 7) is 1.79. The molecule has 124 valence electrons. The number of hydrogen-bond donors (Lipinski definition) is 2. The molecule has 7 nitrogen and oxygen atoms in total. The van der Waals surface area contributed by atoms with Crippen molar-refractivity contribution in [2.45, 2.75) is 11.8 Å². The molecule has 1 aromatic heterocycles. The van der Waals surface area contributed by atoms with Crippen molar-refractivity contribution in [1.29, 1.82) is 0 Å². The first kappa shape index (κ1) is 16.0. The predicted octanol–water partition coefficient (Wildman–Crippen LogP) is 2.33. The molecule has 0 saturated carbocycles. The first-order valence-electron chi connectivity index (χ1n) is 7.10. The fourth-order valence-corrected chi connectivity index (χ4v) is 3.21. The zero-order valence-electron chi connectivity index (χ0n) is 13.1. The average Bonchev–Trinajstić information content (AvgIpc) is 2.54. The second kappa shape index (κ2) is 5.97. The molecule has 1 heterocycles. The number of benzene rings is 2. The van der Waals surface area contributed by atoms with Crippen molar-refractivity contribution in [2.75, 3.05) is 17.6 Å². The Labute approximate surface area is 139 Å². The highest BCUT2D eigenvalue weighted by molar-refractivity contribution is 7.92. The molecule has 3 N–H and O–H groups in total. The minimum Gasteiger partial charge on any atom is -0.497 e. The Balaban J connectivity index is 2.01. The molecule has 0 aliphatic carbocycles. The number of rotatable bonds is 4. The van der Waals surface area contributed by atoms with Gasteiger partial charge in [0.2, 0.25) is 5.95 Å². The Morgan fingerprint density at radius 2 is 1.79 bits per heavy atom. The second-order valence-corrected chi connectivity index (χ2v) is 6.87. The van der Waals surface area contributed by atoms with E-state index in [0.29, 0.717) is 22.6 Å². The molecule has 0 radical (unpaired) electrons. The van der Waals surface area contributed by atoms with Crippen molar-refractivity contribution in [3.63, 3.8) is 0 Å². The molecular weight excluding hydrogens is 328 g/mol. The molecule has 2 aromatic carbocycles. The molecule has 0 amide bonds. The fraction of sp³-hybridized carbons (Fsp3) is 0.125. The first-order chi connectivity index (χ1) is 11.4. The minimum atomic E-state index is -3.79. The summed E-state index contributed by atoms with van der Waals surface area (Å²) in [7, 11) is -2.24. The Kier molecular flexibility index (Phi) is 3.98. The first-order valence-corrected chi connectivity index (χ1v) is 8.58. The van der Waals surface area contributed by atoms with Crippen LogP contribution in [0, 0.1) is 6.92 Å². The van der Waals surface area contributed by atoms with Gasteiger partial charge in [0.1, 0.15) is 5.75 Å². The summed E-state index contributed by atoms with van der Waals surface area (Å²) in [6, 6.07) is 11.3. The van der Waals surface area contributed by atoms with Crippen LogP contribution in [-0.4, -0.2) is 25.5 Å². The molecule has 0 spiro atoms. The van der Waals surface area contributed by atoms with Crippen LogP contribution >= 0.6 is 0 Å². The minimum absolute atomic E-state index is 0.00470.